The summed E-state index contributed by atoms with van der Waals surface area (Å²) in [6.07, 6.45) is 2.89. The number of hydrogen-bond donors (Lipinski definition) is 2. The van der Waals surface area contributed by atoms with Crippen molar-refractivity contribution in [2.75, 3.05) is 12.0 Å². The van der Waals surface area contributed by atoms with Gasteiger partial charge in [-0.2, -0.15) is 10.6 Å². The molecule has 0 aromatic heterocycles. The molecule has 0 aliphatic rings. The molecule has 3 heteroatoms. The normalized spacial score (nSPS) is 13.6. The second-order valence-corrected chi connectivity index (χ2v) is 3.77. The summed E-state index contributed by atoms with van der Waals surface area (Å²) < 4.78 is 17.2. The topological polar surface area (TPSA) is 40.5 Å². The SMILES string of the molecule is C=CCS(C)(O)O. The second-order valence-electron chi connectivity index (χ2n) is 1.45. The second kappa shape index (κ2) is 2.35. The van der Waals surface area contributed by atoms with Gasteiger partial charge >= 0.3 is 0 Å². The van der Waals surface area contributed by atoms with E-state index in [4.69, 9.17) is 9.11 Å². The fourth-order valence-electron chi connectivity index (χ4n) is 0.223. The highest BCUT2D eigenvalue weighted by molar-refractivity contribution is 8.23. The molecule has 0 rings (SSSR count). The predicted molar refractivity (Wildman–Crippen MR) is 33.8 cm³/mol. The highest BCUT2D eigenvalue weighted by atomic mass is 32.3. The van der Waals surface area contributed by atoms with Crippen LogP contribution in [-0.4, -0.2) is 21.1 Å². The molecule has 0 fully saturated rings. The lowest BCUT2D eigenvalue weighted by atomic mass is 10.8. The van der Waals surface area contributed by atoms with Crippen LogP contribution in [0.4, 0.5) is 0 Å². The molecule has 0 aromatic carbocycles. The van der Waals surface area contributed by atoms with E-state index in [1.807, 2.05) is 0 Å². The van der Waals surface area contributed by atoms with Crippen LogP contribution in [0.2, 0.25) is 0 Å². The Morgan fingerprint density at radius 1 is 1.71 bits per heavy atom. The van der Waals surface area contributed by atoms with Gasteiger partial charge in [0, 0.05) is 6.26 Å². The molecule has 0 unspecified atom stereocenters. The molecular formula is C4H10O2S. The van der Waals surface area contributed by atoms with Crippen molar-refractivity contribution in [1.82, 2.24) is 0 Å². The Bertz CT molecular complexity index is 64.6. The molecule has 0 amide bonds. The summed E-state index contributed by atoms with van der Waals surface area (Å²) >= 11 is 0. The summed E-state index contributed by atoms with van der Waals surface area (Å²) in [5.41, 5.74) is 0. The van der Waals surface area contributed by atoms with E-state index in [9.17, 15) is 0 Å². The smallest absolute Gasteiger partial charge is 0.0549 e. The zero-order valence-corrected chi connectivity index (χ0v) is 5.11. The Morgan fingerprint density at radius 2 is 2.14 bits per heavy atom. The Balaban J connectivity index is 3.34. The lowest BCUT2D eigenvalue weighted by molar-refractivity contribution is 0.499. The molecule has 0 aliphatic carbocycles. The average molecular weight is 122 g/mol. The van der Waals surface area contributed by atoms with Gasteiger partial charge in [0.05, 0.1) is 5.75 Å². The standard InChI is InChI=1S/C4H10O2S/c1-3-4-7(2,5)6/h3,5-6H,1,4H2,2H3. The van der Waals surface area contributed by atoms with E-state index in [-0.39, 0.29) is 0 Å². The van der Waals surface area contributed by atoms with Gasteiger partial charge in [-0.15, -0.1) is 6.58 Å². The van der Waals surface area contributed by atoms with Gasteiger partial charge in [0.15, 0.2) is 0 Å². The summed E-state index contributed by atoms with van der Waals surface area (Å²) in [7, 11) is -2.29. The minimum Gasteiger partial charge on any atom is -0.299 e. The van der Waals surface area contributed by atoms with Crippen LogP contribution in [0.3, 0.4) is 0 Å². The molecule has 0 aliphatic heterocycles. The quantitative estimate of drug-likeness (QED) is 0.545. The molecule has 44 valence electrons. The van der Waals surface area contributed by atoms with Gasteiger partial charge in [-0.25, -0.2) is 0 Å². The lowest BCUT2D eigenvalue weighted by Crippen LogP contribution is -1.95. The summed E-state index contributed by atoms with van der Waals surface area (Å²) in [4.78, 5) is 0. The molecule has 0 heterocycles. The zero-order chi connectivity index (χ0) is 5.91. The van der Waals surface area contributed by atoms with Crippen LogP contribution in [0.15, 0.2) is 12.7 Å². The molecule has 0 spiro atoms. The largest absolute Gasteiger partial charge is 0.299 e. The molecule has 0 radical (unpaired) electrons. The van der Waals surface area contributed by atoms with Crippen molar-refractivity contribution in [2.45, 2.75) is 0 Å². The van der Waals surface area contributed by atoms with Gasteiger partial charge in [0.1, 0.15) is 0 Å². The van der Waals surface area contributed by atoms with Crippen molar-refractivity contribution < 1.29 is 9.11 Å². The Hall–Kier alpha value is 0.01000. The Morgan fingerprint density at radius 3 is 2.14 bits per heavy atom. The van der Waals surface area contributed by atoms with Crippen molar-refractivity contribution in [1.29, 1.82) is 0 Å². The van der Waals surface area contributed by atoms with Crippen molar-refractivity contribution in [3.8, 4) is 0 Å². The monoisotopic (exact) mass is 122 g/mol. The molecule has 0 saturated carbocycles. The third-order valence-corrected chi connectivity index (χ3v) is 1.30. The van der Waals surface area contributed by atoms with Crippen LogP contribution in [0.25, 0.3) is 0 Å². The molecule has 2 N–H and O–H groups in total. The van der Waals surface area contributed by atoms with Gasteiger partial charge in [-0.05, 0) is 0 Å². The number of hydrogen-bond acceptors (Lipinski definition) is 2. The van der Waals surface area contributed by atoms with E-state index < -0.39 is 10.6 Å². The van der Waals surface area contributed by atoms with Crippen molar-refractivity contribution in [3.63, 3.8) is 0 Å². The van der Waals surface area contributed by atoms with Gasteiger partial charge in [-0.1, -0.05) is 6.08 Å². The molecule has 7 heavy (non-hydrogen) atoms. The first-order valence-corrected chi connectivity index (χ1v) is 4.00. The fourth-order valence-corrected chi connectivity index (χ4v) is 0.670. The van der Waals surface area contributed by atoms with E-state index in [2.05, 4.69) is 6.58 Å². The zero-order valence-electron chi connectivity index (χ0n) is 4.29. The fraction of sp³-hybridized carbons (Fsp3) is 0.500. The van der Waals surface area contributed by atoms with Gasteiger partial charge in [-0.3, -0.25) is 9.11 Å². The van der Waals surface area contributed by atoms with Crippen molar-refractivity contribution >= 4 is 10.6 Å². The van der Waals surface area contributed by atoms with E-state index in [0.29, 0.717) is 5.75 Å². The first-order valence-electron chi connectivity index (χ1n) is 1.88. The Labute approximate surface area is 45.2 Å². The van der Waals surface area contributed by atoms with E-state index in [0.717, 1.165) is 0 Å². The highest BCUT2D eigenvalue weighted by Gasteiger charge is 1.96. The predicted octanol–water partition coefficient (Wildman–Crippen LogP) is 1.55. The molecule has 0 atom stereocenters. The molecular weight excluding hydrogens is 112 g/mol. The van der Waals surface area contributed by atoms with Crippen LogP contribution < -0.4 is 0 Å². The van der Waals surface area contributed by atoms with Crippen LogP contribution in [-0.2, 0) is 0 Å². The van der Waals surface area contributed by atoms with Gasteiger partial charge < -0.3 is 0 Å². The summed E-state index contributed by atoms with van der Waals surface area (Å²) in [5, 5.41) is 0. The van der Waals surface area contributed by atoms with Crippen molar-refractivity contribution in [3.05, 3.63) is 12.7 Å². The first-order chi connectivity index (χ1) is 3.06. The average Bonchev–Trinajstić information content (AvgIpc) is 1.30. The van der Waals surface area contributed by atoms with Crippen LogP contribution in [0, 0.1) is 0 Å². The molecule has 0 saturated heterocycles. The minimum atomic E-state index is -2.29. The van der Waals surface area contributed by atoms with Crippen molar-refractivity contribution in [2.24, 2.45) is 0 Å². The third-order valence-electron chi connectivity index (χ3n) is 0.434. The van der Waals surface area contributed by atoms with Crippen LogP contribution in [0.5, 0.6) is 0 Å². The van der Waals surface area contributed by atoms with Crippen LogP contribution in [0.1, 0.15) is 0 Å². The summed E-state index contributed by atoms with van der Waals surface area (Å²) in [6.45, 7) is 3.35. The molecule has 0 bridgehead atoms. The summed E-state index contributed by atoms with van der Waals surface area (Å²) in [6, 6.07) is 0. The molecule has 2 nitrogen and oxygen atoms in total. The maximum Gasteiger partial charge on any atom is 0.0549 e. The third kappa shape index (κ3) is 6.01. The molecule has 0 aromatic rings. The lowest BCUT2D eigenvalue weighted by Gasteiger charge is -2.23. The van der Waals surface area contributed by atoms with Crippen LogP contribution >= 0.6 is 10.6 Å². The number of rotatable bonds is 2. The maximum absolute atomic E-state index is 8.59. The van der Waals surface area contributed by atoms with E-state index in [1.54, 1.807) is 0 Å². The van der Waals surface area contributed by atoms with Gasteiger partial charge in [0.2, 0.25) is 0 Å². The summed E-state index contributed by atoms with van der Waals surface area (Å²) in [5.74, 6) is 0.299. The Kier molecular flexibility index (Phi) is 2.35. The van der Waals surface area contributed by atoms with Gasteiger partial charge in [0.25, 0.3) is 0 Å². The highest BCUT2D eigenvalue weighted by Crippen LogP contribution is 2.32. The van der Waals surface area contributed by atoms with E-state index in [1.165, 1.54) is 12.3 Å². The van der Waals surface area contributed by atoms with E-state index >= 15 is 0 Å². The maximum atomic E-state index is 8.59. The minimum absolute atomic E-state index is 0.299. The first kappa shape index (κ1) is 7.01.